The van der Waals surface area contributed by atoms with Crippen LogP contribution in [0.1, 0.15) is 82.1 Å². The van der Waals surface area contributed by atoms with Gasteiger partial charge in [0, 0.05) is 46.8 Å². The highest BCUT2D eigenvalue weighted by Crippen LogP contribution is 2.40. The molecule has 0 N–H and O–H groups in total. The first kappa shape index (κ1) is 25.4. The number of nitrogens with zero attached hydrogens (tertiary/aromatic N) is 2. The molecule has 5 heteroatoms. The van der Waals surface area contributed by atoms with Crippen LogP contribution in [0.15, 0.2) is 53.7 Å². The van der Waals surface area contributed by atoms with Crippen molar-refractivity contribution in [3.05, 3.63) is 59.7 Å². The highest BCUT2D eigenvalue weighted by molar-refractivity contribution is 6.13. The second-order valence-electron chi connectivity index (χ2n) is 11.0. The third kappa shape index (κ3) is 5.01. The number of oxime groups is 1. The summed E-state index contributed by atoms with van der Waals surface area (Å²) in [4.78, 5) is 29.8. The van der Waals surface area contributed by atoms with Gasteiger partial charge in [0.2, 0.25) is 0 Å². The molecule has 1 fully saturated rings. The number of aromatic nitrogens is 1. The Hall–Kier alpha value is -3.21. The molecule has 2 aliphatic carbocycles. The van der Waals surface area contributed by atoms with Crippen LogP contribution >= 0.6 is 0 Å². The van der Waals surface area contributed by atoms with Gasteiger partial charge >= 0.3 is 5.97 Å². The number of carbonyl (C=O) groups is 2. The summed E-state index contributed by atoms with van der Waals surface area (Å²) in [6, 6.07) is 12.3. The van der Waals surface area contributed by atoms with E-state index in [1.807, 2.05) is 19.1 Å². The molecule has 0 amide bonds. The summed E-state index contributed by atoms with van der Waals surface area (Å²) in [5, 5.41) is 6.10. The van der Waals surface area contributed by atoms with Gasteiger partial charge < -0.3 is 9.40 Å². The van der Waals surface area contributed by atoms with Crippen molar-refractivity contribution in [3.63, 3.8) is 0 Å². The maximum Gasteiger partial charge on any atom is 0.331 e. The molecule has 2 aliphatic rings. The molecule has 3 atom stereocenters. The van der Waals surface area contributed by atoms with Crippen molar-refractivity contribution in [2.75, 3.05) is 0 Å². The average molecular weight is 499 g/mol. The summed E-state index contributed by atoms with van der Waals surface area (Å²) in [6.07, 6.45) is 12.4. The Bertz CT molecular complexity index is 1390. The highest BCUT2D eigenvalue weighted by Gasteiger charge is 2.33. The van der Waals surface area contributed by atoms with Crippen molar-refractivity contribution in [1.29, 1.82) is 0 Å². The van der Waals surface area contributed by atoms with Gasteiger partial charge in [-0.1, -0.05) is 49.6 Å². The number of rotatable bonds is 6. The van der Waals surface area contributed by atoms with Gasteiger partial charge in [-0.3, -0.25) is 4.79 Å². The number of hydrogen-bond acceptors (Lipinski definition) is 4. The summed E-state index contributed by atoms with van der Waals surface area (Å²) in [5.74, 6) is 1.48. The number of benzene rings is 2. The maximum atomic E-state index is 13.7. The molecule has 194 valence electrons. The normalized spacial score (nSPS) is 23.0. The Morgan fingerprint density at radius 2 is 1.59 bits per heavy atom. The van der Waals surface area contributed by atoms with Gasteiger partial charge in [-0.2, -0.15) is 0 Å². The minimum Gasteiger partial charge on any atom is -0.341 e. The predicted molar refractivity (Wildman–Crippen MR) is 150 cm³/mol. The lowest BCUT2D eigenvalue weighted by Crippen LogP contribution is -2.29. The van der Waals surface area contributed by atoms with Crippen LogP contribution in [0.25, 0.3) is 21.8 Å². The van der Waals surface area contributed by atoms with E-state index in [2.05, 4.69) is 60.0 Å². The van der Waals surface area contributed by atoms with Gasteiger partial charge in [0.1, 0.15) is 0 Å². The quantitative estimate of drug-likeness (QED) is 0.115. The first-order valence-corrected chi connectivity index (χ1v) is 13.9. The van der Waals surface area contributed by atoms with E-state index in [0.717, 1.165) is 51.8 Å². The van der Waals surface area contributed by atoms with E-state index >= 15 is 0 Å². The zero-order valence-corrected chi connectivity index (χ0v) is 22.5. The smallest absolute Gasteiger partial charge is 0.331 e. The van der Waals surface area contributed by atoms with Gasteiger partial charge in [0.05, 0.1) is 5.71 Å². The molecule has 0 aliphatic heterocycles. The number of ketones is 1. The van der Waals surface area contributed by atoms with Crippen LogP contribution in [0.3, 0.4) is 0 Å². The van der Waals surface area contributed by atoms with Crippen molar-refractivity contribution in [1.82, 2.24) is 4.57 Å². The standard InChI is InChI=1S/C32H38N2O3/c1-5-34-30-15-12-24(21(3)33-37-22(4)35)18-28(30)29-19-26(13-16-31(29)34)32(36)27-14-11-25(17-20(27)2)23-9-7-6-8-10-23/h11-16,18-20,23,25,27H,5-10,17H2,1-4H3/b33-21+. The zero-order valence-electron chi connectivity index (χ0n) is 22.5. The molecule has 1 aromatic heterocycles. The van der Waals surface area contributed by atoms with E-state index in [4.69, 9.17) is 4.84 Å². The molecule has 1 heterocycles. The first-order valence-electron chi connectivity index (χ1n) is 13.9. The second kappa shape index (κ2) is 10.6. The van der Waals surface area contributed by atoms with Gasteiger partial charge in [-0.25, -0.2) is 4.79 Å². The number of carbonyl (C=O) groups excluding carboxylic acids is 2. The van der Waals surface area contributed by atoms with E-state index < -0.39 is 5.97 Å². The van der Waals surface area contributed by atoms with Crippen LogP contribution < -0.4 is 0 Å². The lowest BCUT2D eigenvalue weighted by Gasteiger charge is -2.35. The number of allylic oxidation sites excluding steroid dienone is 2. The number of hydrogen-bond donors (Lipinski definition) is 0. The summed E-state index contributed by atoms with van der Waals surface area (Å²) >= 11 is 0. The Kier molecular flexibility index (Phi) is 7.32. The monoisotopic (exact) mass is 498 g/mol. The van der Waals surface area contributed by atoms with Crippen molar-refractivity contribution >= 4 is 39.3 Å². The topological polar surface area (TPSA) is 60.7 Å². The molecule has 1 saturated carbocycles. The largest absolute Gasteiger partial charge is 0.341 e. The maximum absolute atomic E-state index is 13.7. The fourth-order valence-corrected chi connectivity index (χ4v) is 6.57. The SMILES string of the molecule is CCn1c2ccc(C(=O)C3C=CC(C4CCCCC4)CC3C)cc2c2cc(/C(C)=N/OC(C)=O)ccc21. The van der Waals surface area contributed by atoms with Crippen molar-refractivity contribution < 1.29 is 14.4 Å². The van der Waals surface area contributed by atoms with E-state index in [1.165, 1.54) is 39.0 Å². The van der Waals surface area contributed by atoms with E-state index in [0.29, 0.717) is 17.5 Å². The number of Topliss-reactive ketones (excluding diaryl/α,β-unsaturated/α-hetero) is 1. The molecular formula is C32H38N2O3. The molecule has 0 bridgehead atoms. The Labute approximate surface area is 219 Å². The minimum atomic E-state index is -0.442. The van der Waals surface area contributed by atoms with E-state index in [-0.39, 0.29) is 11.7 Å². The minimum absolute atomic E-state index is 0.0644. The Balaban J connectivity index is 1.48. The highest BCUT2D eigenvalue weighted by atomic mass is 16.7. The molecule has 5 rings (SSSR count). The van der Waals surface area contributed by atoms with Crippen molar-refractivity contribution in [2.24, 2.45) is 28.8 Å². The van der Waals surface area contributed by atoms with Gasteiger partial charge in [0.15, 0.2) is 5.78 Å². The third-order valence-corrected chi connectivity index (χ3v) is 8.58. The average Bonchev–Trinajstić information content (AvgIpc) is 3.23. The molecule has 3 unspecified atom stereocenters. The van der Waals surface area contributed by atoms with E-state index in [1.54, 1.807) is 0 Å². The molecule has 2 aromatic carbocycles. The number of aryl methyl sites for hydroxylation is 1. The zero-order chi connectivity index (χ0) is 26.1. The second-order valence-corrected chi connectivity index (χ2v) is 11.0. The summed E-state index contributed by atoms with van der Waals surface area (Å²) in [6.45, 7) is 8.39. The van der Waals surface area contributed by atoms with Crippen LogP contribution in [0.2, 0.25) is 0 Å². The lowest BCUT2D eigenvalue weighted by molar-refractivity contribution is -0.140. The molecule has 0 spiro atoms. The Morgan fingerprint density at radius 1 is 0.946 bits per heavy atom. The fourth-order valence-electron chi connectivity index (χ4n) is 6.57. The van der Waals surface area contributed by atoms with Gasteiger partial charge in [-0.05, 0) is 86.8 Å². The van der Waals surface area contributed by atoms with Crippen LogP contribution in [0.4, 0.5) is 0 Å². The lowest BCUT2D eigenvalue weighted by atomic mass is 9.69. The molecule has 37 heavy (non-hydrogen) atoms. The predicted octanol–water partition coefficient (Wildman–Crippen LogP) is 7.69. The van der Waals surface area contributed by atoms with Crippen LogP contribution in [0, 0.1) is 23.7 Å². The fraction of sp³-hybridized carbons (Fsp3) is 0.469. The third-order valence-electron chi connectivity index (χ3n) is 8.58. The van der Waals surface area contributed by atoms with Crippen LogP contribution in [-0.4, -0.2) is 22.0 Å². The van der Waals surface area contributed by atoms with E-state index in [9.17, 15) is 9.59 Å². The molecule has 0 radical (unpaired) electrons. The van der Waals surface area contributed by atoms with Gasteiger partial charge in [-0.15, -0.1) is 0 Å². The summed E-state index contributed by atoms with van der Waals surface area (Å²) in [7, 11) is 0. The first-order chi connectivity index (χ1) is 17.9. The molecule has 0 saturated heterocycles. The van der Waals surface area contributed by atoms with Crippen molar-refractivity contribution in [3.8, 4) is 0 Å². The summed E-state index contributed by atoms with van der Waals surface area (Å²) in [5.41, 5.74) is 4.53. The molecular weight excluding hydrogens is 460 g/mol. The van der Waals surface area contributed by atoms with Crippen LogP contribution in [0.5, 0.6) is 0 Å². The van der Waals surface area contributed by atoms with Gasteiger partial charge in [0.25, 0.3) is 0 Å². The van der Waals surface area contributed by atoms with Crippen molar-refractivity contribution in [2.45, 2.75) is 72.8 Å². The molecule has 5 nitrogen and oxygen atoms in total. The summed E-state index contributed by atoms with van der Waals surface area (Å²) < 4.78 is 2.28. The van der Waals surface area contributed by atoms with Crippen LogP contribution in [-0.2, 0) is 16.2 Å². The number of fused-ring (bicyclic) bond motifs is 3. The molecule has 3 aromatic rings. The Morgan fingerprint density at radius 3 is 2.22 bits per heavy atom.